The van der Waals surface area contributed by atoms with Gasteiger partial charge in [-0.2, -0.15) is 0 Å². The molecule has 0 aromatic carbocycles. The highest BCUT2D eigenvalue weighted by molar-refractivity contribution is 5.70. The third kappa shape index (κ3) is 16.4. The van der Waals surface area contributed by atoms with Crippen molar-refractivity contribution in [3.63, 3.8) is 0 Å². The zero-order valence-electron chi connectivity index (χ0n) is 17.3. The molecule has 0 aromatic rings. The predicted octanol–water partition coefficient (Wildman–Crippen LogP) is 4.65. The Balaban J connectivity index is 3.76. The van der Waals surface area contributed by atoms with Gasteiger partial charge in [0.15, 0.2) is 6.10 Å². The van der Waals surface area contributed by atoms with Gasteiger partial charge in [0.25, 0.3) is 0 Å². The Bertz CT molecular complexity index is 365. The van der Waals surface area contributed by atoms with Crippen LogP contribution in [0.1, 0.15) is 91.9 Å². The Hall–Kier alpha value is -1.10. The van der Waals surface area contributed by atoms with Crippen LogP contribution in [-0.2, 0) is 19.1 Å². The molecule has 0 amide bonds. The summed E-state index contributed by atoms with van der Waals surface area (Å²) in [5, 5.41) is 9.29. The lowest BCUT2D eigenvalue weighted by Crippen LogP contribution is -2.28. The van der Waals surface area contributed by atoms with E-state index in [2.05, 4.69) is 27.7 Å². The van der Waals surface area contributed by atoms with Gasteiger partial charge in [0, 0.05) is 12.8 Å². The van der Waals surface area contributed by atoms with E-state index >= 15 is 0 Å². The third-order valence-electron chi connectivity index (χ3n) is 4.26. The first-order valence-electron chi connectivity index (χ1n) is 10.3. The molecule has 1 atom stereocenters. The van der Waals surface area contributed by atoms with Crippen molar-refractivity contribution in [1.82, 2.24) is 0 Å². The van der Waals surface area contributed by atoms with Gasteiger partial charge < -0.3 is 14.6 Å². The van der Waals surface area contributed by atoms with Crippen molar-refractivity contribution in [3.8, 4) is 0 Å². The van der Waals surface area contributed by atoms with Crippen molar-refractivity contribution >= 4 is 11.9 Å². The van der Waals surface area contributed by atoms with Crippen LogP contribution in [0.4, 0.5) is 0 Å². The quantitative estimate of drug-likeness (QED) is 0.315. The van der Waals surface area contributed by atoms with Gasteiger partial charge in [-0.1, -0.05) is 66.2 Å². The molecule has 0 aliphatic rings. The van der Waals surface area contributed by atoms with Crippen LogP contribution in [0.15, 0.2) is 0 Å². The van der Waals surface area contributed by atoms with E-state index in [1.165, 1.54) is 12.8 Å². The van der Waals surface area contributed by atoms with Gasteiger partial charge in [0.2, 0.25) is 0 Å². The zero-order chi connectivity index (χ0) is 19.8. The Morgan fingerprint density at radius 1 is 0.769 bits per heavy atom. The second kappa shape index (κ2) is 16.1. The third-order valence-corrected chi connectivity index (χ3v) is 4.26. The Morgan fingerprint density at radius 3 is 1.73 bits per heavy atom. The molecule has 0 rings (SSSR count). The predicted molar refractivity (Wildman–Crippen MR) is 104 cm³/mol. The number of hydrogen-bond acceptors (Lipinski definition) is 5. The number of rotatable bonds is 16. The minimum atomic E-state index is -0.761. The number of aliphatic hydroxyl groups is 1. The molecule has 0 bridgehead atoms. The lowest BCUT2D eigenvalue weighted by Gasteiger charge is -2.16. The molecule has 0 radical (unpaired) electrons. The summed E-state index contributed by atoms with van der Waals surface area (Å²) < 4.78 is 10.3. The molecule has 1 unspecified atom stereocenters. The van der Waals surface area contributed by atoms with E-state index in [-0.39, 0.29) is 25.2 Å². The maximum absolute atomic E-state index is 11.8. The zero-order valence-corrected chi connectivity index (χ0v) is 17.3. The molecule has 0 aliphatic heterocycles. The van der Waals surface area contributed by atoms with E-state index in [9.17, 15) is 14.7 Å². The van der Waals surface area contributed by atoms with E-state index < -0.39 is 6.10 Å². The fourth-order valence-corrected chi connectivity index (χ4v) is 2.62. The highest BCUT2D eigenvalue weighted by Crippen LogP contribution is 2.11. The Labute approximate surface area is 159 Å². The summed E-state index contributed by atoms with van der Waals surface area (Å²) in [6.07, 6.45) is 8.16. The molecule has 0 heterocycles. The lowest BCUT2D eigenvalue weighted by atomic mass is 10.0. The minimum Gasteiger partial charge on any atom is -0.462 e. The standard InChI is InChI=1S/C21H40O5/c1-17(2)11-7-5-9-13-20(23)25-16-19(15-22)26-21(24)14-10-6-8-12-18(3)4/h17-19,22H,5-16H2,1-4H3. The average Bonchev–Trinajstić information content (AvgIpc) is 2.57. The average molecular weight is 373 g/mol. The molecular weight excluding hydrogens is 332 g/mol. The first-order chi connectivity index (χ1) is 12.3. The minimum absolute atomic E-state index is 0.0690. The SMILES string of the molecule is CC(C)CCCCCC(=O)OCC(CO)OC(=O)CCCCCC(C)C. The number of hydrogen-bond donors (Lipinski definition) is 1. The molecule has 0 aromatic heterocycles. The van der Waals surface area contributed by atoms with E-state index in [1.807, 2.05) is 0 Å². The van der Waals surface area contributed by atoms with Crippen LogP contribution in [0, 0.1) is 11.8 Å². The fourth-order valence-electron chi connectivity index (χ4n) is 2.62. The maximum atomic E-state index is 11.8. The van der Waals surface area contributed by atoms with E-state index in [0.717, 1.165) is 38.5 Å². The number of carbonyl (C=O) groups excluding carboxylic acids is 2. The number of ether oxygens (including phenoxy) is 2. The van der Waals surface area contributed by atoms with Gasteiger partial charge in [-0.25, -0.2) is 0 Å². The van der Waals surface area contributed by atoms with Crippen LogP contribution in [0.25, 0.3) is 0 Å². The highest BCUT2D eigenvalue weighted by atomic mass is 16.6. The van der Waals surface area contributed by atoms with Crippen molar-refractivity contribution in [2.45, 2.75) is 98.0 Å². The van der Waals surface area contributed by atoms with Crippen molar-refractivity contribution in [3.05, 3.63) is 0 Å². The van der Waals surface area contributed by atoms with Crippen molar-refractivity contribution in [2.24, 2.45) is 11.8 Å². The van der Waals surface area contributed by atoms with Gasteiger partial charge in [-0.05, 0) is 24.7 Å². The monoisotopic (exact) mass is 372 g/mol. The van der Waals surface area contributed by atoms with Gasteiger partial charge in [-0.3, -0.25) is 9.59 Å². The molecule has 0 saturated heterocycles. The summed E-state index contributed by atoms with van der Waals surface area (Å²) in [5.41, 5.74) is 0. The normalized spacial score (nSPS) is 12.4. The smallest absolute Gasteiger partial charge is 0.306 e. The second-order valence-electron chi connectivity index (χ2n) is 7.96. The topological polar surface area (TPSA) is 72.8 Å². The van der Waals surface area contributed by atoms with E-state index in [4.69, 9.17) is 9.47 Å². The van der Waals surface area contributed by atoms with Crippen LogP contribution in [0.2, 0.25) is 0 Å². The Morgan fingerprint density at radius 2 is 1.27 bits per heavy atom. The molecule has 5 nitrogen and oxygen atoms in total. The molecule has 154 valence electrons. The molecule has 0 aliphatic carbocycles. The van der Waals surface area contributed by atoms with Crippen LogP contribution in [-0.4, -0.2) is 36.4 Å². The van der Waals surface area contributed by atoms with E-state index in [0.29, 0.717) is 24.7 Å². The number of unbranched alkanes of at least 4 members (excludes halogenated alkanes) is 4. The number of aliphatic hydroxyl groups excluding tert-OH is 1. The summed E-state index contributed by atoms with van der Waals surface area (Å²) in [6.45, 7) is 8.35. The van der Waals surface area contributed by atoms with Gasteiger partial charge in [0.1, 0.15) is 6.61 Å². The van der Waals surface area contributed by atoms with Gasteiger partial charge in [-0.15, -0.1) is 0 Å². The van der Waals surface area contributed by atoms with Crippen LogP contribution < -0.4 is 0 Å². The fraction of sp³-hybridized carbons (Fsp3) is 0.905. The Kier molecular flexibility index (Phi) is 15.4. The van der Waals surface area contributed by atoms with Crippen LogP contribution in [0.3, 0.4) is 0 Å². The molecule has 26 heavy (non-hydrogen) atoms. The number of carbonyl (C=O) groups is 2. The van der Waals surface area contributed by atoms with E-state index in [1.54, 1.807) is 0 Å². The summed E-state index contributed by atoms with van der Waals surface area (Å²) in [7, 11) is 0. The highest BCUT2D eigenvalue weighted by Gasteiger charge is 2.16. The second-order valence-corrected chi connectivity index (χ2v) is 7.96. The summed E-state index contributed by atoms with van der Waals surface area (Å²) in [4.78, 5) is 23.5. The van der Waals surface area contributed by atoms with Crippen LogP contribution in [0.5, 0.6) is 0 Å². The molecule has 5 heteroatoms. The molecular formula is C21H40O5. The number of esters is 2. The van der Waals surface area contributed by atoms with Gasteiger partial charge >= 0.3 is 11.9 Å². The van der Waals surface area contributed by atoms with Crippen LogP contribution >= 0.6 is 0 Å². The molecule has 1 N–H and O–H groups in total. The molecule has 0 spiro atoms. The maximum Gasteiger partial charge on any atom is 0.306 e. The lowest BCUT2D eigenvalue weighted by molar-refractivity contribution is -0.161. The largest absolute Gasteiger partial charge is 0.462 e. The van der Waals surface area contributed by atoms with Gasteiger partial charge in [0.05, 0.1) is 6.61 Å². The molecule has 0 saturated carbocycles. The first-order valence-corrected chi connectivity index (χ1v) is 10.3. The summed E-state index contributed by atoms with van der Waals surface area (Å²) in [5.74, 6) is 0.749. The summed E-state index contributed by atoms with van der Waals surface area (Å²) in [6, 6.07) is 0. The summed E-state index contributed by atoms with van der Waals surface area (Å²) >= 11 is 0. The van der Waals surface area contributed by atoms with Crippen molar-refractivity contribution < 1.29 is 24.2 Å². The van der Waals surface area contributed by atoms with Crippen molar-refractivity contribution in [1.29, 1.82) is 0 Å². The molecule has 0 fully saturated rings. The van der Waals surface area contributed by atoms with Crippen molar-refractivity contribution in [2.75, 3.05) is 13.2 Å². The first kappa shape index (κ1) is 24.9.